The molecule has 3 N–H and O–H groups in total. The van der Waals surface area contributed by atoms with E-state index in [1.807, 2.05) is 6.07 Å². The maximum Gasteiger partial charge on any atom is 0.404 e. The minimum atomic E-state index is -0.980. The summed E-state index contributed by atoms with van der Waals surface area (Å²) in [5.74, 6) is 0. The van der Waals surface area contributed by atoms with Gasteiger partial charge in [-0.3, -0.25) is 0 Å². The summed E-state index contributed by atoms with van der Waals surface area (Å²) >= 11 is 0. The van der Waals surface area contributed by atoms with Crippen LogP contribution in [0.15, 0.2) is 18.2 Å². The van der Waals surface area contributed by atoms with Crippen molar-refractivity contribution in [1.29, 1.82) is 0 Å². The Labute approximate surface area is 129 Å². The molecule has 1 fully saturated rings. The van der Waals surface area contributed by atoms with Crippen molar-refractivity contribution in [3.8, 4) is 0 Å². The molecule has 1 aromatic heterocycles. The molecule has 5 heteroatoms. The van der Waals surface area contributed by atoms with Crippen molar-refractivity contribution in [2.45, 2.75) is 44.3 Å². The third kappa shape index (κ3) is 2.25. The van der Waals surface area contributed by atoms with E-state index >= 15 is 0 Å². The van der Waals surface area contributed by atoms with E-state index < -0.39 is 6.09 Å². The molecule has 0 bridgehead atoms. The SMILES string of the molecule is Cn1c2c(c3cc(CNC(=O)O)ccc31)CCC2NC1CC1. The summed E-state index contributed by atoms with van der Waals surface area (Å²) in [6.45, 7) is 0.360. The van der Waals surface area contributed by atoms with Crippen LogP contribution in [0.2, 0.25) is 0 Å². The second-order valence-electron chi connectivity index (χ2n) is 6.47. The van der Waals surface area contributed by atoms with Gasteiger partial charge in [-0.15, -0.1) is 0 Å². The Morgan fingerprint density at radius 3 is 2.91 bits per heavy atom. The molecule has 1 aromatic carbocycles. The van der Waals surface area contributed by atoms with Gasteiger partial charge in [-0.2, -0.15) is 0 Å². The molecule has 1 saturated carbocycles. The van der Waals surface area contributed by atoms with E-state index in [0.717, 1.165) is 12.0 Å². The Balaban J connectivity index is 1.70. The minimum Gasteiger partial charge on any atom is -0.465 e. The van der Waals surface area contributed by atoms with Gasteiger partial charge in [0.1, 0.15) is 0 Å². The fourth-order valence-electron chi connectivity index (χ4n) is 3.70. The van der Waals surface area contributed by atoms with Gasteiger partial charge in [-0.25, -0.2) is 4.79 Å². The molecule has 2 aliphatic rings. The van der Waals surface area contributed by atoms with Crippen molar-refractivity contribution < 1.29 is 9.90 Å². The maximum atomic E-state index is 10.7. The normalized spacial score (nSPS) is 20.3. The quantitative estimate of drug-likeness (QED) is 0.813. The summed E-state index contributed by atoms with van der Waals surface area (Å²) in [5.41, 5.74) is 5.12. The van der Waals surface area contributed by atoms with E-state index in [2.05, 4.69) is 34.4 Å². The molecule has 1 heterocycles. The monoisotopic (exact) mass is 299 g/mol. The van der Waals surface area contributed by atoms with Crippen molar-refractivity contribution >= 4 is 17.0 Å². The van der Waals surface area contributed by atoms with Gasteiger partial charge in [0.25, 0.3) is 0 Å². The van der Waals surface area contributed by atoms with Crippen LogP contribution in [0.3, 0.4) is 0 Å². The highest BCUT2D eigenvalue weighted by Gasteiger charge is 2.33. The first kappa shape index (κ1) is 13.6. The predicted molar refractivity (Wildman–Crippen MR) is 85.0 cm³/mol. The number of rotatable bonds is 4. The number of nitrogens with zero attached hydrogens (tertiary/aromatic N) is 1. The summed E-state index contributed by atoms with van der Waals surface area (Å²) in [6, 6.07) is 7.45. The first-order chi connectivity index (χ1) is 10.6. The summed E-state index contributed by atoms with van der Waals surface area (Å²) < 4.78 is 2.31. The molecule has 0 aliphatic heterocycles. The van der Waals surface area contributed by atoms with Gasteiger partial charge in [0.2, 0.25) is 0 Å². The number of benzene rings is 1. The molecule has 1 atom stereocenters. The fourth-order valence-corrected chi connectivity index (χ4v) is 3.70. The molecule has 5 nitrogen and oxygen atoms in total. The highest BCUT2D eigenvalue weighted by Crippen LogP contribution is 2.40. The van der Waals surface area contributed by atoms with Crippen LogP contribution >= 0.6 is 0 Å². The zero-order valence-corrected chi connectivity index (χ0v) is 12.7. The first-order valence-corrected chi connectivity index (χ1v) is 7.96. The first-order valence-electron chi connectivity index (χ1n) is 7.96. The summed E-state index contributed by atoms with van der Waals surface area (Å²) in [6.07, 6.45) is 3.91. The molecule has 0 spiro atoms. The number of fused-ring (bicyclic) bond motifs is 3. The number of carbonyl (C=O) groups is 1. The van der Waals surface area contributed by atoms with E-state index in [9.17, 15) is 4.79 Å². The Kier molecular flexibility index (Phi) is 3.11. The summed E-state index contributed by atoms with van der Waals surface area (Å²) in [7, 11) is 2.14. The van der Waals surface area contributed by atoms with Crippen LogP contribution in [0, 0.1) is 0 Å². The van der Waals surface area contributed by atoms with Gasteiger partial charge in [0, 0.05) is 42.3 Å². The van der Waals surface area contributed by atoms with Crippen molar-refractivity contribution in [3.63, 3.8) is 0 Å². The highest BCUT2D eigenvalue weighted by atomic mass is 16.4. The highest BCUT2D eigenvalue weighted by molar-refractivity contribution is 5.87. The third-order valence-electron chi connectivity index (χ3n) is 4.89. The Hall–Kier alpha value is -2.01. The Bertz CT molecular complexity index is 746. The topological polar surface area (TPSA) is 66.3 Å². The third-order valence-corrected chi connectivity index (χ3v) is 4.89. The number of hydrogen-bond acceptors (Lipinski definition) is 2. The van der Waals surface area contributed by atoms with E-state index in [0.29, 0.717) is 18.6 Å². The van der Waals surface area contributed by atoms with Crippen molar-refractivity contribution in [2.75, 3.05) is 0 Å². The Morgan fingerprint density at radius 2 is 2.18 bits per heavy atom. The second-order valence-corrected chi connectivity index (χ2v) is 6.47. The maximum absolute atomic E-state index is 10.7. The molecule has 0 radical (unpaired) electrons. The minimum absolute atomic E-state index is 0.360. The van der Waals surface area contributed by atoms with Gasteiger partial charge in [0.15, 0.2) is 0 Å². The molecule has 1 amide bonds. The molecule has 1 unspecified atom stereocenters. The van der Waals surface area contributed by atoms with Crippen LogP contribution in [0.25, 0.3) is 10.9 Å². The molecular formula is C17H21N3O2. The zero-order valence-electron chi connectivity index (χ0n) is 12.7. The van der Waals surface area contributed by atoms with Crippen LogP contribution in [0.1, 0.15) is 42.1 Å². The van der Waals surface area contributed by atoms with Crippen LogP contribution in [-0.4, -0.2) is 21.8 Å². The van der Waals surface area contributed by atoms with E-state index in [4.69, 9.17) is 5.11 Å². The van der Waals surface area contributed by atoms with Crippen LogP contribution < -0.4 is 10.6 Å². The van der Waals surface area contributed by atoms with Crippen molar-refractivity contribution in [2.24, 2.45) is 7.05 Å². The average molecular weight is 299 g/mol. The van der Waals surface area contributed by atoms with E-state index in [1.54, 1.807) is 0 Å². The average Bonchev–Trinajstić information content (AvgIpc) is 3.14. The van der Waals surface area contributed by atoms with Gasteiger partial charge >= 0.3 is 6.09 Å². The molecule has 0 saturated heterocycles. The lowest BCUT2D eigenvalue weighted by molar-refractivity contribution is 0.194. The Morgan fingerprint density at radius 1 is 1.36 bits per heavy atom. The number of aromatic nitrogens is 1. The largest absolute Gasteiger partial charge is 0.465 e. The smallest absolute Gasteiger partial charge is 0.404 e. The van der Waals surface area contributed by atoms with Gasteiger partial charge in [0.05, 0.1) is 0 Å². The van der Waals surface area contributed by atoms with Gasteiger partial charge in [-0.1, -0.05) is 6.07 Å². The lowest BCUT2D eigenvalue weighted by Gasteiger charge is -2.15. The van der Waals surface area contributed by atoms with Gasteiger partial charge in [-0.05, 0) is 48.9 Å². The molecule has 2 aliphatic carbocycles. The van der Waals surface area contributed by atoms with Crippen LogP contribution in [0.5, 0.6) is 0 Å². The lowest BCUT2D eigenvalue weighted by Crippen LogP contribution is -2.23. The number of amides is 1. The predicted octanol–water partition coefficient (Wildman–Crippen LogP) is 2.69. The van der Waals surface area contributed by atoms with Crippen molar-refractivity contribution in [3.05, 3.63) is 35.0 Å². The number of hydrogen-bond donors (Lipinski definition) is 3. The number of carboxylic acid groups (broad SMARTS) is 1. The molecule has 2 aromatic rings. The fraction of sp³-hybridized carbons (Fsp3) is 0.471. The van der Waals surface area contributed by atoms with Crippen LogP contribution in [0.4, 0.5) is 4.79 Å². The van der Waals surface area contributed by atoms with E-state index in [1.165, 1.54) is 41.4 Å². The summed E-state index contributed by atoms with van der Waals surface area (Å²) in [5, 5.41) is 16.2. The van der Waals surface area contributed by atoms with Crippen molar-refractivity contribution in [1.82, 2.24) is 15.2 Å². The molecule has 4 rings (SSSR count). The molecular weight excluding hydrogens is 278 g/mol. The lowest BCUT2D eigenvalue weighted by atomic mass is 10.1. The van der Waals surface area contributed by atoms with E-state index in [-0.39, 0.29) is 0 Å². The van der Waals surface area contributed by atoms with Crippen LogP contribution in [-0.2, 0) is 20.0 Å². The second kappa shape index (κ2) is 5.02. The standard InChI is InChI=1S/C17H21N3O2/c1-20-15-7-2-10(9-18-17(21)22)8-13(15)12-5-6-14(16(12)20)19-11-3-4-11/h2,7-8,11,14,18-19H,3-6,9H2,1H3,(H,21,22). The molecule has 22 heavy (non-hydrogen) atoms. The zero-order chi connectivity index (χ0) is 15.3. The number of nitrogens with one attached hydrogen (secondary N) is 2. The number of aryl methyl sites for hydroxylation is 2. The molecule has 116 valence electrons. The summed E-state index contributed by atoms with van der Waals surface area (Å²) in [4.78, 5) is 10.7. The van der Waals surface area contributed by atoms with Gasteiger partial charge < -0.3 is 20.3 Å².